The first-order valence-electron chi connectivity index (χ1n) is 12.1. The van der Waals surface area contributed by atoms with Crippen molar-refractivity contribution >= 4 is 21.6 Å². The first-order valence-corrected chi connectivity index (χ1v) is 13.6. The topological polar surface area (TPSA) is 69.7 Å². The summed E-state index contributed by atoms with van der Waals surface area (Å²) in [5, 5.41) is 0. The van der Waals surface area contributed by atoms with E-state index in [0.29, 0.717) is 43.0 Å². The minimum Gasteiger partial charge on any atom is -0.366 e. The summed E-state index contributed by atoms with van der Waals surface area (Å²) in [7, 11) is -3.96. The van der Waals surface area contributed by atoms with Crippen molar-refractivity contribution in [3.63, 3.8) is 0 Å². The smallest absolute Gasteiger partial charge is 0.241 e. The van der Waals surface area contributed by atoms with Crippen molar-refractivity contribution in [2.45, 2.75) is 38.1 Å². The van der Waals surface area contributed by atoms with Crippen LogP contribution in [0.25, 0.3) is 0 Å². The zero-order valence-corrected chi connectivity index (χ0v) is 21.7. The second kappa shape index (κ2) is 10.8. The van der Waals surface area contributed by atoms with Gasteiger partial charge < -0.3 is 9.80 Å². The van der Waals surface area contributed by atoms with Crippen LogP contribution in [-0.4, -0.2) is 51.4 Å². The Bertz CT molecular complexity index is 1310. The van der Waals surface area contributed by atoms with Gasteiger partial charge in [0.15, 0.2) is 0 Å². The van der Waals surface area contributed by atoms with Crippen molar-refractivity contribution in [3.05, 3.63) is 94.8 Å². The molecule has 1 fully saturated rings. The van der Waals surface area contributed by atoms with E-state index in [1.54, 1.807) is 36.9 Å². The molecule has 1 atom stereocenters. The fraction of sp³-hybridized carbons (Fsp3) is 0.321. The van der Waals surface area contributed by atoms with Crippen LogP contribution in [0, 0.1) is 26.6 Å². The van der Waals surface area contributed by atoms with Crippen molar-refractivity contribution in [3.8, 4) is 0 Å². The molecule has 0 radical (unpaired) electrons. The summed E-state index contributed by atoms with van der Waals surface area (Å²) in [6.45, 7) is 7.15. The molecule has 0 aliphatic carbocycles. The molecule has 1 aliphatic heterocycles. The quantitative estimate of drug-likeness (QED) is 0.523. The monoisotopic (exact) mass is 509 g/mol. The number of aryl methyl sites for hydroxylation is 3. The first kappa shape index (κ1) is 25.9. The summed E-state index contributed by atoms with van der Waals surface area (Å²) in [6, 6.07) is 18.7. The van der Waals surface area contributed by atoms with Gasteiger partial charge in [0.2, 0.25) is 15.9 Å². The number of nitrogens with one attached hydrogen (secondary N) is 1. The Hall–Kier alpha value is -3.23. The van der Waals surface area contributed by atoms with Crippen LogP contribution < -0.4 is 9.62 Å². The lowest BCUT2D eigenvalue weighted by Gasteiger charge is -2.37. The number of benzene rings is 3. The van der Waals surface area contributed by atoms with Crippen molar-refractivity contribution in [1.29, 1.82) is 0 Å². The van der Waals surface area contributed by atoms with Crippen LogP contribution in [-0.2, 0) is 21.2 Å². The molecule has 190 valence electrons. The van der Waals surface area contributed by atoms with Gasteiger partial charge >= 0.3 is 0 Å². The van der Waals surface area contributed by atoms with Crippen LogP contribution in [0.5, 0.6) is 0 Å². The minimum absolute atomic E-state index is 0.211. The molecule has 1 unspecified atom stereocenters. The zero-order chi connectivity index (χ0) is 25.9. The lowest BCUT2D eigenvalue weighted by Crippen LogP contribution is -2.55. The SMILES string of the molecule is Cc1cc(C)c(S(=O)(=O)NC(Cc2ccccc2)C(=O)N2CCN(c3ccccc3F)CC2)c(C)c1. The Balaban J connectivity index is 1.56. The molecule has 1 amide bonds. The number of piperazine rings is 1. The molecule has 1 saturated heterocycles. The van der Waals surface area contributed by atoms with Gasteiger partial charge in [0.25, 0.3) is 0 Å². The molecule has 3 aromatic carbocycles. The molecule has 0 bridgehead atoms. The van der Waals surface area contributed by atoms with Crippen LogP contribution in [0.2, 0.25) is 0 Å². The number of halogens is 1. The van der Waals surface area contributed by atoms with Gasteiger partial charge in [-0.15, -0.1) is 0 Å². The maximum atomic E-state index is 14.2. The first-order chi connectivity index (χ1) is 17.2. The van der Waals surface area contributed by atoms with E-state index in [1.807, 2.05) is 54.3 Å². The molecule has 1 aliphatic rings. The maximum absolute atomic E-state index is 14.2. The van der Waals surface area contributed by atoms with Gasteiger partial charge in [-0.1, -0.05) is 60.2 Å². The summed E-state index contributed by atoms with van der Waals surface area (Å²) in [5.41, 5.74) is 3.64. The van der Waals surface area contributed by atoms with Crippen LogP contribution in [0.1, 0.15) is 22.3 Å². The molecular weight excluding hydrogens is 477 g/mol. The summed E-state index contributed by atoms with van der Waals surface area (Å²) >= 11 is 0. The number of para-hydroxylation sites is 1. The van der Waals surface area contributed by atoms with Gasteiger partial charge in [-0.2, -0.15) is 4.72 Å². The van der Waals surface area contributed by atoms with E-state index < -0.39 is 16.1 Å². The third-order valence-electron chi connectivity index (χ3n) is 6.54. The fourth-order valence-corrected chi connectivity index (χ4v) is 6.60. The standard InChI is InChI=1S/C28H32FN3O3S/c1-20-17-21(2)27(22(3)18-20)36(34,35)30-25(19-23-9-5-4-6-10-23)28(33)32-15-13-31(14-16-32)26-12-8-7-11-24(26)29/h4-12,17-18,25,30H,13-16,19H2,1-3H3. The second-order valence-corrected chi connectivity index (χ2v) is 11.0. The van der Waals surface area contributed by atoms with Crippen molar-refractivity contribution in [2.75, 3.05) is 31.1 Å². The van der Waals surface area contributed by atoms with Crippen molar-refractivity contribution < 1.29 is 17.6 Å². The van der Waals surface area contributed by atoms with Crippen LogP contribution >= 0.6 is 0 Å². The van der Waals surface area contributed by atoms with Gasteiger partial charge in [-0.3, -0.25) is 4.79 Å². The number of sulfonamides is 1. The summed E-state index contributed by atoms with van der Waals surface area (Å²) in [6.07, 6.45) is 0.233. The Morgan fingerprint density at radius 1 is 0.917 bits per heavy atom. The van der Waals surface area contributed by atoms with Gasteiger partial charge in [0.1, 0.15) is 11.9 Å². The van der Waals surface area contributed by atoms with Crippen LogP contribution in [0.3, 0.4) is 0 Å². The number of amides is 1. The minimum atomic E-state index is -3.96. The third-order valence-corrected chi connectivity index (χ3v) is 8.31. The van der Waals surface area contributed by atoms with E-state index in [-0.39, 0.29) is 23.0 Å². The summed E-state index contributed by atoms with van der Waals surface area (Å²) in [5.74, 6) is -0.575. The highest BCUT2D eigenvalue weighted by Gasteiger charge is 2.33. The number of carbonyl (C=O) groups is 1. The van der Waals surface area contributed by atoms with Gasteiger partial charge in [-0.25, -0.2) is 12.8 Å². The normalized spacial score (nSPS) is 15.1. The number of carbonyl (C=O) groups excluding carboxylic acids is 1. The van der Waals surface area contributed by atoms with Crippen molar-refractivity contribution in [1.82, 2.24) is 9.62 Å². The highest BCUT2D eigenvalue weighted by Crippen LogP contribution is 2.24. The predicted molar refractivity (Wildman–Crippen MR) is 140 cm³/mol. The second-order valence-electron chi connectivity index (χ2n) is 9.36. The van der Waals surface area contributed by atoms with E-state index in [4.69, 9.17) is 0 Å². The molecule has 0 spiro atoms. The van der Waals surface area contributed by atoms with E-state index in [0.717, 1.165) is 11.1 Å². The van der Waals surface area contributed by atoms with E-state index in [9.17, 15) is 17.6 Å². The Morgan fingerprint density at radius 3 is 2.11 bits per heavy atom. The highest BCUT2D eigenvalue weighted by molar-refractivity contribution is 7.89. The number of rotatable bonds is 7. The van der Waals surface area contributed by atoms with Gasteiger partial charge in [0, 0.05) is 26.2 Å². The lowest BCUT2D eigenvalue weighted by atomic mass is 10.1. The molecule has 4 rings (SSSR count). The number of hydrogen-bond donors (Lipinski definition) is 1. The molecule has 1 heterocycles. The van der Waals surface area contributed by atoms with E-state index in [1.165, 1.54) is 6.07 Å². The molecule has 3 aromatic rings. The van der Waals surface area contributed by atoms with Crippen LogP contribution in [0.15, 0.2) is 71.6 Å². The largest absolute Gasteiger partial charge is 0.366 e. The number of nitrogens with zero attached hydrogens (tertiary/aromatic N) is 2. The molecule has 36 heavy (non-hydrogen) atoms. The van der Waals surface area contributed by atoms with E-state index >= 15 is 0 Å². The number of hydrogen-bond acceptors (Lipinski definition) is 4. The highest BCUT2D eigenvalue weighted by atomic mass is 32.2. The Morgan fingerprint density at radius 2 is 1.50 bits per heavy atom. The molecule has 8 heteroatoms. The lowest BCUT2D eigenvalue weighted by molar-refractivity contribution is -0.133. The number of anilines is 1. The van der Waals surface area contributed by atoms with Gasteiger partial charge in [0.05, 0.1) is 10.6 Å². The average Bonchev–Trinajstić information content (AvgIpc) is 2.83. The molecule has 0 aromatic heterocycles. The molecule has 1 N–H and O–H groups in total. The Kier molecular flexibility index (Phi) is 7.76. The average molecular weight is 510 g/mol. The van der Waals surface area contributed by atoms with Crippen molar-refractivity contribution in [2.24, 2.45) is 0 Å². The maximum Gasteiger partial charge on any atom is 0.241 e. The van der Waals surface area contributed by atoms with Crippen LogP contribution in [0.4, 0.5) is 10.1 Å². The molecule has 0 saturated carbocycles. The Labute approximate surface area is 212 Å². The summed E-state index contributed by atoms with van der Waals surface area (Å²) < 4.78 is 44.0. The fourth-order valence-electron chi connectivity index (χ4n) is 4.96. The zero-order valence-electron chi connectivity index (χ0n) is 20.9. The summed E-state index contributed by atoms with van der Waals surface area (Å²) in [4.78, 5) is 17.4. The van der Waals surface area contributed by atoms with Gasteiger partial charge in [-0.05, 0) is 56.0 Å². The molecular formula is C28H32FN3O3S. The van der Waals surface area contributed by atoms with E-state index in [2.05, 4.69) is 4.72 Å². The third kappa shape index (κ3) is 5.77. The molecule has 6 nitrogen and oxygen atoms in total. The predicted octanol–water partition coefficient (Wildman–Crippen LogP) is 3.99.